The van der Waals surface area contributed by atoms with Gasteiger partial charge in [-0.2, -0.15) is 0 Å². The molecule has 58 heavy (non-hydrogen) atoms. The number of hydrogen-bond acceptors (Lipinski definition) is 2. The number of aromatic nitrogens is 1. The SMILES string of the molecule is C/C=C/CC1C=C1.Cc1ccc(-c2ccc3c(c2)cc(-c2ccccc2)n3-c2ccc(N)c(-c3ccccc3)c2)cc1/C=C/Nc1ccccc1.Cc1ccccc1. The van der Waals surface area contributed by atoms with Gasteiger partial charge >= 0.3 is 0 Å². The van der Waals surface area contributed by atoms with Crippen LogP contribution in [0, 0.1) is 19.8 Å². The number of para-hydroxylation sites is 1. The number of nitrogens with two attached hydrogens (primary N) is 1. The van der Waals surface area contributed by atoms with Gasteiger partial charge in [-0.05, 0) is 127 Å². The average Bonchev–Trinajstić information content (AvgIpc) is 4.03. The van der Waals surface area contributed by atoms with E-state index in [1.165, 1.54) is 39.6 Å². The van der Waals surface area contributed by atoms with Crippen LogP contribution in [0.1, 0.15) is 30.0 Å². The molecule has 0 bridgehead atoms. The van der Waals surface area contributed by atoms with Gasteiger partial charge in [0.25, 0.3) is 0 Å². The van der Waals surface area contributed by atoms with E-state index in [2.05, 4.69) is 194 Å². The molecule has 1 aliphatic carbocycles. The lowest BCUT2D eigenvalue weighted by atomic mass is 9.98. The molecule has 0 aliphatic heterocycles. The molecule has 1 aliphatic rings. The van der Waals surface area contributed by atoms with Crippen LogP contribution in [0.4, 0.5) is 11.4 Å². The molecule has 3 nitrogen and oxygen atoms in total. The normalized spacial score (nSPS) is 11.9. The zero-order valence-electron chi connectivity index (χ0n) is 33.6. The zero-order chi connectivity index (χ0) is 40.1. The summed E-state index contributed by atoms with van der Waals surface area (Å²) in [6, 6.07) is 63.5. The second-order valence-electron chi connectivity index (χ2n) is 14.6. The maximum atomic E-state index is 6.49. The Morgan fingerprint density at radius 3 is 1.86 bits per heavy atom. The number of aryl methyl sites for hydroxylation is 2. The zero-order valence-corrected chi connectivity index (χ0v) is 33.6. The fraction of sp³-hybridized carbons (Fsp3) is 0.0909. The van der Waals surface area contributed by atoms with Crippen molar-refractivity contribution in [1.82, 2.24) is 4.57 Å². The molecule has 3 heteroatoms. The van der Waals surface area contributed by atoms with E-state index in [-0.39, 0.29) is 0 Å². The van der Waals surface area contributed by atoms with Gasteiger partial charge in [-0.3, -0.25) is 0 Å². The third kappa shape index (κ3) is 10.2. The molecule has 9 rings (SSSR count). The molecule has 8 aromatic rings. The van der Waals surface area contributed by atoms with Gasteiger partial charge in [0.1, 0.15) is 0 Å². The first-order chi connectivity index (χ1) is 28.5. The topological polar surface area (TPSA) is 43.0 Å². The molecule has 0 fully saturated rings. The molecule has 0 saturated carbocycles. The fourth-order valence-corrected chi connectivity index (χ4v) is 6.87. The first-order valence-corrected chi connectivity index (χ1v) is 20.0. The summed E-state index contributed by atoms with van der Waals surface area (Å²) in [5.41, 5.74) is 21.1. The smallest absolute Gasteiger partial charge is 0.0540 e. The van der Waals surface area contributed by atoms with E-state index >= 15 is 0 Å². The Hall–Kier alpha value is -7.10. The highest BCUT2D eigenvalue weighted by Crippen LogP contribution is 2.37. The summed E-state index contributed by atoms with van der Waals surface area (Å²) >= 11 is 0. The molecule has 3 N–H and O–H groups in total. The van der Waals surface area contributed by atoms with Crippen LogP contribution in [-0.2, 0) is 0 Å². The van der Waals surface area contributed by atoms with Gasteiger partial charge in [-0.1, -0.05) is 157 Å². The molecule has 0 amide bonds. The lowest BCUT2D eigenvalue weighted by Crippen LogP contribution is -1.99. The molecule has 1 aromatic heterocycles. The summed E-state index contributed by atoms with van der Waals surface area (Å²) < 4.78 is 2.35. The number of fused-ring (bicyclic) bond motifs is 1. The molecular formula is C55H51N3. The minimum atomic E-state index is 0.767. The fourth-order valence-electron chi connectivity index (χ4n) is 6.87. The number of benzene rings is 7. The molecule has 1 heterocycles. The summed E-state index contributed by atoms with van der Waals surface area (Å²) in [7, 11) is 0. The summed E-state index contributed by atoms with van der Waals surface area (Å²) in [6.07, 6.45) is 14.1. The Labute approximate surface area is 344 Å². The highest BCUT2D eigenvalue weighted by atomic mass is 15.0. The summed E-state index contributed by atoms with van der Waals surface area (Å²) in [6.45, 7) is 6.29. The van der Waals surface area contributed by atoms with Crippen LogP contribution >= 0.6 is 0 Å². The Kier molecular flexibility index (Phi) is 12.9. The predicted molar refractivity (Wildman–Crippen MR) is 251 cm³/mol. The molecule has 0 saturated heterocycles. The Balaban J connectivity index is 0.000000308. The molecule has 0 spiro atoms. The van der Waals surface area contributed by atoms with Crippen molar-refractivity contribution < 1.29 is 0 Å². The number of nitrogens with one attached hydrogen (secondary N) is 1. The van der Waals surface area contributed by atoms with Crippen molar-refractivity contribution in [3.05, 3.63) is 229 Å². The van der Waals surface area contributed by atoms with Crippen molar-refractivity contribution in [2.45, 2.75) is 27.2 Å². The number of anilines is 2. The van der Waals surface area contributed by atoms with Gasteiger partial charge in [0.15, 0.2) is 0 Å². The predicted octanol–water partition coefficient (Wildman–Crippen LogP) is 14.7. The number of nitrogens with zero attached hydrogens (tertiary/aromatic N) is 1. The number of rotatable bonds is 9. The minimum absolute atomic E-state index is 0.767. The lowest BCUT2D eigenvalue weighted by Gasteiger charge is -2.15. The van der Waals surface area contributed by atoms with Crippen LogP contribution in [0.2, 0.25) is 0 Å². The Morgan fingerprint density at radius 2 is 1.22 bits per heavy atom. The monoisotopic (exact) mass is 753 g/mol. The first kappa shape index (κ1) is 39.1. The second-order valence-corrected chi connectivity index (χ2v) is 14.6. The third-order valence-electron chi connectivity index (χ3n) is 10.2. The maximum absolute atomic E-state index is 6.49. The van der Waals surface area contributed by atoms with Gasteiger partial charge in [-0.15, -0.1) is 0 Å². The molecule has 286 valence electrons. The average molecular weight is 754 g/mol. The van der Waals surface area contributed by atoms with Gasteiger partial charge in [-0.25, -0.2) is 0 Å². The van der Waals surface area contributed by atoms with E-state index in [0.717, 1.165) is 50.9 Å². The summed E-state index contributed by atoms with van der Waals surface area (Å²) in [5.74, 6) is 0.816. The summed E-state index contributed by atoms with van der Waals surface area (Å²) in [5, 5.41) is 4.55. The van der Waals surface area contributed by atoms with Gasteiger partial charge in [0.05, 0.1) is 11.2 Å². The summed E-state index contributed by atoms with van der Waals surface area (Å²) in [4.78, 5) is 0. The minimum Gasteiger partial charge on any atom is -0.398 e. The standard InChI is InChI=1S/C41H33N3.C7H8.C7H10/c1-29-17-18-33(25-32(29)23-24-43-36-15-9-4-10-16-36)34-19-22-40-35(26-34)27-41(31-13-7-3-8-14-31)44(40)37-20-21-39(42)38(28-37)30-11-5-2-6-12-30;1-7-5-3-2-4-6-7;1-2-3-4-7-5-6-7/h2-28,43H,42H2,1H3;2-6H,1H3;2-3,5-7H,4H2,1H3/b24-23+;;3-2+. The van der Waals surface area contributed by atoms with Crippen LogP contribution in [0.5, 0.6) is 0 Å². The van der Waals surface area contributed by atoms with Crippen molar-refractivity contribution in [3.63, 3.8) is 0 Å². The van der Waals surface area contributed by atoms with Gasteiger partial charge in [0.2, 0.25) is 0 Å². The van der Waals surface area contributed by atoms with Crippen LogP contribution in [-0.4, -0.2) is 4.57 Å². The lowest BCUT2D eigenvalue weighted by molar-refractivity contribution is 0.940. The van der Waals surface area contributed by atoms with Crippen molar-refractivity contribution in [3.8, 4) is 39.2 Å². The van der Waals surface area contributed by atoms with E-state index < -0.39 is 0 Å². The Bertz CT molecular complexity index is 2630. The van der Waals surface area contributed by atoms with Crippen LogP contribution in [0.15, 0.2) is 212 Å². The van der Waals surface area contributed by atoms with E-state index in [0.29, 0.717) is 0 Å². The quantitative estimate of drug-likeness (QED) is 0.114. The Morgan fingerprint density at radius 1 is 0.603 bits per heavy atom. The number of nitrogen functional groups attached to an aromatic ring is 1. The number of allylic oxidation sites excluding steroid dienone is 4. The van der Waals surface area contributed by atoms with Crippen LogP contribution < -0.4 is 11.1 Å². The van der Waals surface area contributed by atoms with Gasteiger partial charge < -0.3 is 15.6 Å². The molecular weight excluding hydrogens is 703 g/mol. The highest BCUT2D eigenvalue weighted by Gasteiger charge is 2.15. The molecule has 0 unspecified atom stereocenters. The largest absolute Gasteiger partial charge is 0.398 e. The van der Waals surface area contributed by atoms with Crippen LogP contribution in [0.3, 0.4) is 0 Å². The highest BCUT2D eigenvalue weighted by molar-refractivity contribution is 5.93. The van der Waals surface area contributed by atoms with Gasteiger partial charge in [0, 0.05) is 34.2 Å². The van der Waals surface area contributed by atoms with Crippen molar-refractivity contribution in [2.75, 3.05) is 11.1 Å². The van der Waals surface area contributed by atoms with E-state index in [4.69, 9.17) is 5.73 Å². The third-order valence-corrected chi connectivity index (χ3v) is 10.2. The molecule has 7 aromatic carbocycles. The van der Waals surface area contributed by atoms with Crippen molar-refractivity contribution in [2.24, 2.45) is 5.92 Å². The maximum Gasteiger partial charge on any atom is 0.0540 e. The molecule has 0 atom stereocenters. The van der Waals surface area contributed by atoms with E-state index in [9.17, 15) is 0 Å². The van der Waals surface area contributed by atoms with Crippen molar-refractivity contribution in [1.29, 1.82) is 0 Å². The second kappa shape index (κ2) is 19.2. The van der Waals surface area contributed by atoms with E-state index in [1.54, 1.807) is 0 Å². The van der Waals surface area contributed by atoms with E-state index in [1.807, 2.05) is 54.7 Å². The van der Waals surface area contributed by atoms with Crippen LogP contribution in [0.25, 0.3) is 56.2 Å². The number of hydrogen-bond donors (Lipinski definition) is 2. The first-order valence-electron chi connectivity index (χ1n) is 20.0. The van der Waals surface area contributed by atoms with Crippen molar-refractivity contribution >= 4 is 28.4 Å². The molecule has 0 radical (unpaired) electrons.